The Kier molecular flexibility index (Phi) is 5.05. The number of aromatic nitrogens is 3. The minimum Gasteiger partial charge on any atom is -0.461 e. The lowest BCUT2D eigenvalue weighted by atomic mass is 10.1. The molecule has 0 unspecified atom stereocenters. The van der Waals surface area contributed by atoms with Crippen LogP contribution in [0.3, 0.4) is 0 Å². The second-order valence-electron chi connectivity index (χ2n) is 5.80. The van der Waals surface area contributed by atoms with Crippen LogP contribution in [0.1, 0.15) is 50.3 Å². The van der Waals surface area contributed by atoms with Crippen LogP contribution in [0.4, 0.5) is 0 Å². The monoisotopic (exact) mass is 269 g/mol. The highest BCUT2D eigenvalue weighted by Crippen LogP contribution is 2.12. The van der Waals surface area contributed by atoms with E-state index in [0.717, 1.165) is 0 Å². The third-order valence-corrected chi connectivity index (χ3v) is 2.66. The first-order chi connectivity index (χ1) is 8.70. The van der Waals surface area contributed by atoms with Crippen LogP contribution < -0.4 is 0 Å². The third-order valence-electron chi connectivity index (χ3n) is 2.66. The van der Waals surface area contributed by atoms with Crippen LogP contribution >= 0.6 is 0 Å². The van der Waals surface area contributed by atoms with Crippen LogP contribution in [-0.2, 0) is 11.3 Å². The molecule has 0 spiro atoms. The molecule has 19 heavy (non-hydrogen) atoms. The van der Waals surface area contributed by atoms with Crippen molar-refractivity contribution in [3.63, 3.8) is 0 Å². The van der Waals surface area contributed by atoms with Crippen molar-refractivity contribution < 1.29 is 14.6 Å². The summed E-state index contributed by atoms with van der Waals surface area (Å²) in [4.78, 5) is 11.8. The molecule has 6 heteroatoms. The fourth-order valence-corrected chi connectivity index (χ4v) is 1.45. The molecule has 0 aromatic carbocycles. The van der Waals surface area contributed by atoms with E-state index in [1.807, 2.05) is 13.8 Å². The smallest absolute Gasteiger partial charge is 0.360 e. The summed E-state index contributed by atoms with van der Waals surface area (Å²) < 4.78 is 6.74. The van der Waals surface area contributed by atoms with Gasteiger partial charge in [-0.25, -0.2) is 9.48 Å². The summed E-state index contributed by atoms with van der Waals surface area (Å²) >= 11 is 0. The van der Waals surface area contributed by atoms with Gasteiger partial charge >= 0.3 is 5.97 Å². The van der Waals surface area contributed by atoms with Crippen molar-refractivity contribution in [1.82, 2.24) is 15.0 Å². The minimum atomic E-state index is -0.767. The lowest BCUT2D eigenvalue weighted by Crippen LogP contribution is -2.22. The number of rotatable bonds is 6. The number of carbonyl (C=O) groups is 1. The van der Waals surface area contributed by atoms with Gasteiger partial charge in [0.15, 0.2) is 5.69 Å². The van der Waals surface area contributed by atoms with Crippen molar-refractivity contribution in [2.24, 2.45) is 5.92 Å². The van der Waals surface area contributed by atoms with Crippen LogP contribution in [0.15, 0.2) is 0 Å². The van der Waals surface area contributed by atoms with Crippen LogP contribution in [0.2, 0.25) is 0 Å². The van der Waals surface area contributed by atoms with E-state index in [-0.39, 0.29) is 11.6 Å². The van der Waals surface area contributed by atoms with Gasteiger partial charge in [0.05, 0.1) is 17.9 Å². The molecule has 0 atom stereocenters. The van der Waals surface area contributed by atoms with Gasteiger partial charge in [0.2, 0.25) is 0 Å². The average molecular weight is 269 g/mol. The van der Waals surface area contributed by atoms with E-state index in [0.29, 0.717) is 25.3 Å². The number of carbonyl (C=O) groups excluding carboxylic acids is 1. The lowest BCUT2D eigenvalue weighted by molar-refractivity contribution is 0.0451. The lowest BCUT2D eigenvalue weighted by Gasteiger charge is -2.16. The number of aryl methyl sites for hydroxylation is 1. The van der Waals surface area contributed by atoms with E-state index in [1.54, 1.807) is 25.5 Å². The molecule has 0 radical (unpaired) electrons. The van der Waals surface area contributed by atoms with Gasteiger partial charge in [-0.2, -0.15) is 0 Å². The first kappa shape index (κ1) is 15.6. The van der Waals surface area contributed by atoms with Gasteiger partial charge in [-0.1, -0.05) is 19.1 Å². The summed E-state index contributed by atoms with van der Waals surface area (Å²) in [6.45, 7) is 10.1. The van der Waals surface area contributed by atoms with Gasteiger partial charge in [-0.05, 0) is 33.1 Å². The predicted octanol–water partition coefficient (Wildman–Crippen LogP) is 1.56. The summed E-state index contributed by atoms with van der Waals surface area (Å²) in [5, 5.41) is 17.5. The van der Waals surface area contributed by atoms with E-state index in [1.165, 1.54) is 0 Å². The van der Waals surface area contributed by atoms with Gasteiger partial charge in [0.25, 0.3) is 0 Å². The Hall–Kier alpha value is -1.43. The first-order valence-electron chi connectivity index (χ1n) is 6.50. The predicted molar refractivity (Wildman–Crippen MR) is 70.8 cm³/mol. The Bertz CT molecular complexity index is 433. The van der Waals surface area contributed by atoms with Crippen molar-refractivity contribution in [1.29, 1.82) is 0 Å². The van der Waals surface area contributed by atoms with Crippen LogP contribution in [0.5, 0.6) is 0 Å². The Morgan fingerprint density at radius 2 is 2.11 bits per heavy atom. The molecule has 0 fully saturated rings. The summed E-state index contributed by atoms with van der Waals surface area (Å²) in [5.74, 6) is -0.157. The van der Waals surface area contributed by atoms with Gasteiger partial charge in [0, 0.05) is 6.54 Å². The standard InChI is InChI=1S/C13H23N3O3/c1-9(2)8-19-12(17)11-10(3)16(15-14-11)7-6-13(4,5)18/h9,18H,6-8H2,1-5H3. The maximum absolute atomic E-state index is 11.8. The second kappa shape index (κ2) is 6.14. The normalized spacial score (nSPS) is 11.9. The highest BCUT2D eigenvalue weighted by molar-refractivity contribution is 5.88. The molecule has 1 heterocycles. The SMILES string of the molecule is Cc1c(C(=O)OCC(C)C)nnn1CCC(C)(C)O. The fourth-order valence-electron chi connectivity index (χ4n) is 1.45. The highest BCUT2D eigenvalue weighted by atomic mass is 16.5. The molecule has 1 N–H and O–H groups in total. The molecule has 0 amide bonds. The molecule has 0 saturated carbocycles. The van der Waals surface area contributed by atoms with E-state index in [9.17, 15) is 9.90 Å². The molecule has 108 valence electrons. The van der Waals surface area contributed by atoms with Gasteiger partial charge in [-0.3, -0.25) is 0 Å². The average Bonchev–Trinajstić information content (AvgIpc) is 2.64. The molecule has 1 aromatic heterocycles. The zero-order chi connectivity index (χ0) is 14.6. The first-order valence-corrected chi connectivity index (χ1v) is 6.50. The summed E-state index contributed by atoms with van der Waals surface area (Å²) in [6.07, 6.45) is 0.539. The van der Waals surface area contributed by atoms with E-state index in [2.05, 4.69) is 10.3 Å². The van der Waals surface area contributed by atoms with Crippen molar-refractivity contribution in [3.05, 3.63) is 11.4 Å². The number of nitrogens with zero attached hydrogens (tertiary/aromatic N) is 3. The molecular weight excluding hydrogens is 246 g/mol. The Labute approximate surface area is 113 Å². The number of esters is 1. The molecule has 0 saturated heterocycles. The topological polar surface area (TPSA) is 77.2 Å². The van der Waals surface area contributed by atoms with Gasteiger partial charge in [-0.15, -0.1) is 5.10 Å². The fraction of sp³-hybridized carbons (Fsp3) is 0.769. The third kappa shape index (κ3) is 4.98. The quantitative estimate of drug-likeness (QED) is 0.793. The molecule has 1 aromatic rings. The molecule has 0 aliphatic carbocycles. The zero-order valence-corrected chi connectivity index (χ0v) is 12.3. The van der Waals surface area contributed by atoms with Crippen molar-refractivity contribution in [2.75, 3.05) is 6.61 Å². The zero-order valence-electron chi connectivity index (χ0n) is 12.3. The minimum absolute atomic E-state index is 0.247. The molecule has 0 bridgehead atoms. The Morgan fingerprint density at radius 3 is 2.63 bits per heavy atom. The second-order valence-corrected chi connectivity index (χ2v) is 5.80. The molecule has 1 rings (SSSR count). The van der Waals surface area contributed by atoms with E-state index >= 15 is 0 Å². The van der Waals surface area contributed by atoms with Crippen molar-refractivity contribution in [2.45, 2.75) is 53.2 Å². The summed E-state index contributed by atoms with van der Waals surface area (Å²) in [6, 6.07) is 0. The molecule has 0 aliphatic rings. The van der Waals surface area contributed by atoms with Gasteiger partial charge in [0.1, 0.15) is 0 Å². The number of hydrogen-bond acceptors (Lipinski definition) is 5. The van der Waals surface area contributed by atoms with Gasteiger partial charge < -0.3 is 9.84 Å². The number of hydrogen-bond donors (Lipinski definition) is 1. The van der Waals surface area contributed by atoms with Crippen molar-refractivity contribution >= 4 is 5.97 Å². The van der Waals surface area contributed by atoms with Crippen LogP contribution in [0, 0.1) is 12.8 Å². The largest absolute Gasteiger partial charge is 0.461 e. The number of aliphatic hydroxyl groups is 1. The Morgan fingerprint density at radius 1 is 1.47 bits per heavy atom. The summed E-state index contributed by atoms with van der Waals surface area (Å²) in [7, 11) is 0. The molecular formula is C13H23N3O3. The maximum Gasteiger partial charge on any atom is 0.360 e. The number of ether oxygens (including phenoxy) is 1. The van der Waals surface area contributed by atoms with Crippen LogP contribution in [-0.4, -0.2) is 38.3 Å². The highest BCUT2D eigenvalue weighted by Gasteiger charge is 2.20. The molecule has 0 aliphatic heterocycles. The van der Waals surface area contributed by atoms with E-state index < -0.39 is 11.6 Å². The maximum atomic E-state index is 11.8. The Balaban J connectivity index is 2.67. The van der Waals surface area contributed by atoms with Crippen molar-refractivity contribution in [3.8, 4) is 0 Å². The van der Waals surface area contributed by atoms with E-state index in [4.69, 9.17) is 4.74 Å². The van der Waals surface area contributed by atoms with Crippen LogP contribution in [0.25, 0.3) is 0 Å². The summed E-state index contributed by atoms with van der Waals surface area (Å²) in [5.41, 5.74) is 0.144. The molecule has 6 nitrogen and oxygen atoms in total.